The van der Waals surface area contributed by atoms with Gasteiger partial charge in [0.15, 0.2) is 5.65 Å². The number of nitrogens with one attached hydrogen (secondary N) is 1. The van der Waals surface area contributed by atoms with Crippen molar-refractivity contribution < 1.29 is 0 Å². The molecule has 0 spiro atoms. The molecule has 0 unspecified atom stereocenters. The van der Waals surface area contributed by atoms with Gasteiger partial charge in [0.05, 0.1) is 17.6 Å². The molecular formula is C23H22N4OS. The first-order valence-electron chi connectivity index (χ1n) is 9.51. The molecule has 1 N–H and O–H groups in total. The number of fused-ring (bicyclic) bond motifs is 1. The lowest BCUT2D eigenvalue weighted by molar-refractivity contribution is 0.786. The Hall–Kier alpha value is -3.12. The van der Waals surface area contributed by atoms with Crippen molar-refractivity contribution in [3.63, 3.8) is 0 Å². The van der Waals surface area contributed by atoms with Crippen LogP contribution in [0.1, 0.15) is 16.8 Å². The molecule has 2 aromatic heterocycles. The van der Waals surface area contributed by atoms with Crippen molar-refractivity contribution in [3.8, 4) is 0 Å². The molecule has 0 radical (unpaired) electrons. The normalized spacial score (nSPS) is 10.9. The predicted octanol–water partition coefficient (Wildman–Crippen LogP) is 4.04. The van der Waals surface area contributed by atoms with Gasteiger partial charge in [-0.05, 0) is 36.3 Å². The quantitative estimate of drug-likeness (QED) is 0.473. The predicted molar refractivity (Wildman–Crippen MR) is 119 cm³/mol. The number of nitrogens with zero attached hydrogens (tertiary/aromatic N) is 3. The molecule has 0 atom stereocenters. The summed E-state index contributed by atoms with van der Waals surface area (Å²) >= 11 is 1.61. The lowest BCUT2D eigenvalue weighted by Crippen LogP contribution is -2.29. The van der Waals surface area contributed by atoms with E-state index in [2.05, 4.69) is 22.5 Å². The highest BCUT2D eigenvalue weighted by atomic mass is 32.2. The van der Waals surface area contributed by atoms with E-state index in [1.807, 2.05) is 60.9 Å². The number of aromatic nitrogens is 3. The molecule has 0 fully saturated rings. The highest BCUT2D eigenvalue weighted by Crippen LogP contribution is 2.23. The third-order valence-corrected chi connectivity index (χ3v) is 5.59. The molecule has 6 heteroatoms. The molecule has 2 heterocycles. The molecule has 5 nitrogen and oxygen atoms in total. The van der Waals surface area contributed by atoms with E-state index < -0.39 is 0 Å². The van der Waals surface area contributed by atoms with Crippen molar-refractivity contribution in [1.82, 2.24) is 14.6 Å². The zero-order valence-corrected chi connectivity index (χ0v) is 17.0. The summed E-state index contributed by atoms with van der Waals surface area (Å²) in [4.78, 5) is 23.1. The summed E-state index contributed by atoms with van der Waals surface area (Å²) in [7, 11) is 0. The molecule has 2 aromatic carbocycles. The van der Waals surface area contributed by atoms with E-state index in [9.17, 15) is 4.79 Å². The molecule has 0 amide bonds. The SMILES string of the molecule is CSc1cc2c(=O)n(NCc3ccccc3)cnc2nc1CCc1ccccc1. The van der Waals surface area contributed by atoms with Gasteiger partial charge >= 0.3 is 0 Å². The molecule has 0 aliphatic carbocycles. The Morgan fingerprint density at radius 2 is 1.66 bits per heavy atom. The Balaban J connectivity index is 1.59. The Morgan fingerprint density at radius 3 is 2.34 bits per heavy atom. The van der Waals surface area contributed by atoms with E-state index in [4.69, 9.17) is 4.98 Å². The average molecular weight is 403 g/mol. The van der Waals surface area contributed by atoms with Crippen LogP contribution in [0.15, 0.2) is 82.7 Å². The Bertz CT molecular complexity index is 1160. The van der Waals surface area contributed by atoms with Gasteiger partial charge in [0.2, 0.25) is 0 Å². The molecule has 4 rings (SSSR count). The maximum Gasteiger partial charge on any atom is 0.281 e. The topological polar surface area (TPSA) is 59.8 Å². The van der Waals surface area contributed by atoms with Gasteiger partial charge in [-0.3, -0.25) is 4.79 Å². The smallest absolute Gasteiger partial charge is 0.281 e. The maximum atomic E-state index is 12.9. The van der Waals surface area contributed by atoms with Crippen LogP contribution in [0.25, 0.3) is 11.0 Å². The second-order valence-corrected chi connectivity index (χ2v) is 7.58. The van der Waals surface area contributed by atoms with Crippen molar-refractivity contribution in [2.45, 2.75) is 24.3 Å². The lowest BCUT2D eigenvalue weighted by Gasteiger charge is -2.12. The highest BCUT2D eigenvalue weighted by molar-refractivity contribution is 7.98. The molecule has 0 saturated heterocycles. The van der Waals surface area contributed by atoms with E-state index in [-0.39, 0.29) is 5.56 Å². The highest BCUT2D eigenvalue weighted by Gasteiger charge is 2.12. The van der Waals surface area contributed by atoms with Gasteiger partial charge in [0, 0.05) is 4.90 Å². The van der Waals surface area contributed by atoms with E-state index in [1.54, 1.807) is 11.8 Å². The van der Waals surface area contributed by atoms with Crippen LogP contribution in [0.2, 0.25) is 0 Å². The Kier molecular flexibility index (Phi) is 5.91. The number of benzene rings is 2. The van der Waals surface area contributed by atoms with Gasteiger partial charge in [-0.15, -0.1) is 11.8 Å². The molecule has 0 bridgehead atoms. The fourth-order valence-electron chi connectivity index (χ4n) is 3.22. The largest absolute Gasteiger partial charge is 0.317 e. The molecule has 4 aromatic rings. The summed E-state index contributed by atoms with van der Waals surface area (Å²) in [5, 5.41) is 0.529. The van der Waals surface area contributed by atoms with Gasteiger partial charge in [-0.1, -0.05) is 60.7 Å². The third kappa shape index (κ3) is 4.49. The van der Waals surface area contributed by atoms with E-state index in [1.165, 1.54) is 16.6 Å². The minimum atomic E-state index is -0.136. The first-order chi connectivity index (χ1) is 14.2. The second kappa shape index (κ2) is 8.92. The van der Waals surface area contributed by atoms with Crippen molar-refractivity contribution in [2.24, 2.45) is 0 Å². The van der Waals surface area contributed by atoms with Gasteiger partial charge in [0.25, 0.3) is 5.56 Å². The minimum absolute atomic E-state index is 0.136. The summed E-state index contributed by atoms with van der Waals surface area (Å²) in [6.45, 7) is 0.548. The lowest BCUT2D eigenvalue weighted by atomic mass is 10.1. The van der Waals surface area contributed by atoms with Crippen LogP contribution in [-0.4, -0.2) is 20.9 Å². The molecular weight excluding hydrogens is 380 g/mol. The molecule has 29 heavy (non-hydrogen) atoms. The molecule has 0 aliphatic heterocycles. The summed E-state index contributed by atoms with van der Waals surface area (Å²) in [6.07, 6.45) is 5.24. The fraction of sp³-hybridized carbons (Fsp3) is 0.174. The van der Waals surface area contributed by atoms with Gasteiger partial charge < -0.3 is 5.43 Å². The van der Waals surface area contributed by atoms with Crippen LogP contribution in [0.4, 0.5) is 0 Å². The number of thioether (sulfide) groups is 1. The van der Waals surface area contributed by atoms with Crippen LogP contribution in [-0.2, 0) is 19.4 Å². The number of hydrogen-bond donors (Lipinski definition) is 1. The first kappa shape index (κ1) is 19.2. The van der Waals surface area contributed by atoms with Crippen LogP contribution in [0, 0.1) is 0 Å². The monoisotopic (exact) mass is 402 g/mol. The summed E-state index contributed by atoms with van der Waals surface area (Å²) < 4.78 is 1.44. The Labute approximate surface area is 173 Å². The third-order valence-electron chi connectivity index (χ3n) is 4.80. The van der Waals surface area contributed by atoms with E-state index in [0.29, 0.717) is 17.6 Å². The Morgan fingerprint density at radius 1 is 0.966 bits per heavy atom. The number of pyridine rings is 1. The van der Waals surface area contributed by atoms with Gasteiger partial charge in [-0.2, -0.15) is 0 Å². The van der Waals surface area contributed by atoms with Crippen LogP contribution in [0.3, 0.4) is 0 Å². The number of hydrogen-bond acceptors (Lipinski definition) is 5. The van der Waals surface area contributed by atoms with Crippen molar-refractivity contribution >= 4 is 22.8 Å². The van der Waals surface area contributed by atoms with Crippen molar-refractivity contribution in [2.75, 3.05) is 11.7 Å². The maximum absolute atomic E-state index is 12.9. The van der Waals surface area contributed by atoms with Crippen molar-refractivity contribution in [1.29, 1.82) is 0 Å². The second-order valence-electron chi connectivity index (χ2n) is 6.73. The van der Waals surface area contributed by atoms with Crippen LogP contribution < -0.4 is 11.0 Å². The van der Waals surface area contributed by atoms with E-state index in [0.717, 1.165) is 29.0 Å². The average Bonchev–Trinajstić information content (AvgIpc) is 2.78. The van der Waals surface area contributed by atoms with Crippen molar-refractivity contribution in [3.05, 3.63) is 100 Å². The fourth-order valence-corrected chi connectivity index (χ4v) is 3.84. The van der Waals surface area contributed by atoms with Crippen LogP contribution >= 0.6 is 11.8 Å². The number of rotatable bonds is 7. The zero-order chi connectivity index (χ0) is 20.1. The molecule has 146 valence electrons. The van der Waals surface area contributed by atoms with Gasteiger partial charge in [-0.25, -0.2) is 14.6 Å². The standard InChI is InChI=1S/C23H22N4OS/c1-29-21-14-19-22(26-20(21)13-12-17-8-4-2-5-9-17)24-16-27(23(19)28)25-15-18-10-6-3-7-11-18/h2-11,14,16,25H,12-13,15H2,1H3. The minimum Gasteiger partial charge on any atom is -0.317 e. The van der Waals surface area contributed by atoms with Crippen LogP contribution in [0.5, 0.6) is 0 Å². The molecule has 0 saturated carbocycles. The first-order valence-corrected chi connectivity index (χ1v) is 10.7. The molecule has 0 aliphatic rings. The number of aryl methyl sites for hydroxylation is 2. The summed E-state index contributed by atoms with van der Waals surface area (Å²) in [5.74, 6) is 0. The van der Waals surface area contributed by atoms with Gasteiger partial charge in [0.1, 0.15) is 6.33 Å². The summed E-state index contributed by atoms with van der Waals surface area (Å²) in [6, 6.07) is 22.2. The van der Waals surface area contributed by atoms with E-state index >= 15 is 0 Å². The zero-order valence-electron chi connectivity index (χ0n) is 16.2. The summed E-state index contributed by atoms with van der Waals surface area (Å²) in [5.41, 5.74) is 6.84.